The van der Waals surface area contributed by atoms with Crippen molar-refractivity contribution in [2.75, 3.05) is 13.2 Å². The van der Waals surface area contributed by atoms with Crippen molar-refractivity contribution in [3.8, 4) is 11.1 Å². The molecule has 0 bridgehead atoms. The molecule has 4 rings (SSSR count). The minimum Gasteiger partial charge on any atom is -0.352 e. The van der Waals surface area contributed by atoms with Crippen LogP contribution in [0.4, 0.5) is 22.0 Å². The van der Waals surface area contributed by atoms with E-state index in [1.165, 1.54) is 12.1 Å². The van der Waals surface area contributed by atoms with Gasteiger partial charge < -0.3 is 9.47 Å². The molecular weight excluding hydrogens is 427 g/mol. The Bertz CT molecular complexity index is 886. The van der Waals surface area contributed by atoms with Gasteiger partial charge in [0.25, 0.3) is 0 Å². The van der Waals surface area contributed by atoms with Crippen LogP contribution in [0, 0.1) is 23.5 Å². The van der Waals surface area contributed by atoms with Gasteiger partial charge in [-0.2, -0.15) is 13.2 Å². The minimum absolute atomic E-state index is 0.0314. The summed E-state index contributed by atoms with van der Waals surface area (Å²) < 4.78 is 79.7. The maximum Gasteiger partial charge on any atom is 0.416 e. The van der Waals surface area contributed by atoms with Gasteiger partial charge in [-0.25, -0.2) is 8.78 Å². The molecule has 1 aliphatic carbocycles. The van der Waals surface area contributed by atoms with Crippen LogP contribution in [0.2, 0.25) is 0 Å². The molecule has 2 nitrogen and oxygen atoms in total. The van der Waals surface area contributed by atoms with Gasteiger partial charge in [-0.15, -0.1) is 0 Å². The molecule has 0 atom stereocenters. The van der Waals surface area contributed by atoms with E-state index in [0.29, 0.717) is 24.7 Å². The molecule has 0 radical (unpaired) electrons. The van der Waals surface area contributed by atoms with E-state index in [1.54, 1.807) is 0 Å². The van der Waals surface area contributed by atoms with E-state index < -0.39 is 23.4 Å². The van der Waals surface area contributed by atoms with Gasteiger partial charge in [-0.3, -0.25) is 0 Å². The van der Waals surface area contributed by atoms with E-state index in [2.05, 4.69) is 6.92 Å². The van der Waals surface area contributed by atoms with Crippen LogP contribution in [-0.4, -0.2) is 19.5 Å². The lowest BCUT2D eigenvalue weighted by Crippen LogP contribution is -2.38. The molecule has 2 fully saturated rings. The standard InChI is InChI=1S/C25H27F5O2/c1-2-15-13-31-24(32-14-15)18-5-3-16(4-6-18)19-11-21(26)23(22(27)12-19)17-7-9-20(10-8-17)25(28,29)30/h7-12,15-16,18,24H,2-6,13-14H2,1H3. The number of halogens is 5. The average Bonchev–Trinajstić information content (AvgIpc) is 2.78. The van der Waals surface area contributed by atoms with Crippen LogP contribution in [-0.2, 0) is 15.7 Å². The zero-order valence-corrected chi connectivity index (χ0v) is 17.9. The fraction of sp³-hybridized carbons (Fsp3) is 0.520. The molecule has 1 aliphatic heterocycles. The smallest absolute Gasteiger partial charge is 0.352 e. The summed E-state index contributed by atoms with van der Waals surface area (Å²) in [6, 6.07) is 6.51. The third-order valence-corrected chi connectivity index (χ3v) is 6.76. The molecule has 0 amide bonds. The van der Waals surface area contributed by atoms with Crippen molar-refractivity contribution in [3.05, 3.63) is 59.2 Å². The molecule has 7 heteroatoms. The summed E-state index contributed by atoms with van der Waals surface area (Å²) in [5, 5.41) is 0. The number of benzene rings is 2. The van der Waals surface area contributed by atoms with E-state index in [4.69, 9.17) is 9.47 Å². The first-order valence-electron chi connectivity index (χ1n) is 11.2. The van der Waals surface area contributed by atoms with Gasteiger partial charge in [0.1, 0.15) is 11.6 Å². The third-order valence-electron chi connectivity index (χ3n) is 6.76. The van der Waals surface area contributed by atoms with Gasteiger partial charge in [0, 0.05) is 11.8 Å². The first-order chi connectivity index (χ1) is 15.3. The van der Waals surface area contributed by atoms with Crippen LogP contribution < -0.4 is 0 Å². The Balaban J connectivity index is 1.43. The quantitative estimate of drug-likeness (QED) is 0.451. The first kappa shape index (κ1) is 23.2. The predicted octanol–water partition coefficient (Wildman–Crippen LogP) is 7.32. The number of hydrogen-bond acceptors (Lipinski definition) is 2. The fourth-order valence-electron chi connectivity index (χ4n) is 4.72. The molecule has 2 aliphatic rings. The van der Waals surface area contributed by atoms with E-state index in [1.807, 2.05) is 0 Å². The molecule has 2 aromatic carbocycles. The second-order valence-corrected chi connectivity index (χ2v) is 8.86. The second-order valence-electron chi connectivity index (χ2n) is 8.86. The van der Waals surface area contributed by atoms with Crippen LogP contribution in [0.5, 0.6) is 0 Å². The van der Waals surface area contributed by atoms with Crippen LogP contribution in [0.15, 0.2) is 36.4 Å². The summed E-state index contributed by atoms with van der Waals surface area (Å²) in [5.74, 6) is -0.761. The van der Waals surface area contributed by atoms with E-state index in [-0.39, 0.29) is 29.3 Å². The number of hydrogen-bond donors (Lipinski definition) is 0. The Hall–Kier alpha value is -1.99. The highest BCUT2D eigenvalue weighted by Gasteiger charge is 2.33. The van der Waals surface area contributed by atoms with Crippen molar-refractivity contribution in [1.29, 1.82) is 0 Å². The van der Waals surface area contributed by atoms with E-state index in [9.17, 15) is 22.0 Å². The van der Waals surface area contributed by atoms with Crippen LogP contribution in [0.3, 0.4) is 0 Å². The van der Waals surface area contributed by atoms with Crippen LogP contribution >= 0.6 is 0 Å². The Morgan fingerprint density at radius 1 is 0.875 bits per heavy atom. The van der Waals surface area contributed by atoms with Gasteiger partial charge in [0.2, 0.25) is 0 Å². The highest BCUT2D eigenvalue weighted by atomic mass is 19.4. The van der Waals surface area contributed by atoms with E-state index in [0.717, 1.165) is 56.4 Å². The molecule has 1 heterocycles. The SMILES string of the molecule is CCC1COC(C2CCC(c3cc(F)c(-c4ccc(C(F)(F)F)cc4)c(F)c3)CC2)OC1. The Morgan fingerprint density at radius 3 is 1.94 bits per heavy atom. The summed E-state index contributed by atoms with van der Waals surface area (Å²) in [6.07, 6.45) is -0.392. The molecule has 1 saturated carbocycles. The van der Waals surface area contributed by atoms with Crippen molar-refractivity contribution >= 4 is 0 Å². The van der Waals surface area contributed by atoms with Crippen LogP contribution in [0.25, 0.3) is 11.1 Å². The molecule has 32 heavy (non-hydrogen) atoms. The molecule has 0 unspecified atom stereocenters. The molecule has 0 spiro atoms. The topological polar surface area (TPSA) is 18.5 Å². The van der Waals surface area contributed by atoms with Gasteiger partial charge >= 0.3 is 6.18 Å². The third kappa shape index (κ3) is 4.99. The maximum atomic E-state index is 14.8. The first-order valence-corrected chi connectivity index (χ1v) is 11.2. The lowest BCUT2D eigenvalue weighted by Gasteiger charge is -2.37. The normalized spacial score (nSPS) is 26.8. The summed E-state index contributed by atoms with van der Waals surface area (Å²) in [5.41, 5.74) is -0.483. The van der Waals surface area contributed by atoms with E-state index >= 15 is 0 Å². The molecule has 174 valence electrons. The Kier molecular flexibility index (Phi) is 6.86. The van der Waals surface area contributed by atoms with Crippen molar-refractivity contribution in [2.24, 2.45) is 11.8 Å². The molecular formula is C25H27F5O2. The minimum atomic E-state index is -4.50. The zero-order chi connectivity index (χ0) is 22.9. The summed E-state index contributed by atoms with van der Waals surface area (Å²) in [7, 11) is 0. The zero-order valence-electron chi connectivity index (χ0n) is 17.9. The lowest BCUT2D eigenvalue weighted by molar-refractivity contribution is -0.228. The Morgan fingerprint density at radius 2 is 1.44 bits per heavy atom. The monoisotopic (exact) mass is 454 g/mol. The predicted molar refractivity (Wildman–Crippen MR) is 111 cm³/mol. The highest BCUT2D eigenvalue weighted by Crippen LogP contribution is 2.41. The van der Waals surface area contributed by atoms with Crippen LogP contribution in [0.1, 0.15) is 56.1 Å². The number of ether oxygens (including phenoxy) is 2. The number of rotatable bonds is 4. The van der Waals surface area contributed by atoms with Crippen molar-refractivity contribution < 1.29 is 31.4 Å². The summed E-state index contributed by atoms with van der Waals surface area (Å²) >= 11 is 0. The lowest BCUT2D eigenvalue weighted by atomic mass is 9.78. The molecule has 0 N–H and O–H groups in total. The molecule has 1 saturated heterocycles. The number of alkyl halides is 3. The molecule has 2 aromatic rings. The van der Waals surface area contributed by atoms with Crippen molar-refractivity contribution in [2.45, 2.75) is 57.4 Å². The second kappa shape index (κ2) is 9.48. The van der Waals surface area contributed by atoms with Gasteiger partial charge in [-0.05, 0) is 73.4 Å². The van der Waals surface area contributed by atoms with Gasteiger partial charge in [-0.1, -0.05) is 19.1 Å². The summed E-state index contributed by atoms with van der Waals surface area (Å²) in [4.78, 5) is 0. The largest absolute Gasteiger partial charge is 0.416 e. The van der Waals surface area contributed by atoms with Gasteiger partial charge in [0.15, 0.2) is 6.29 Å². The maximum absolute atomic E-state index is 14.8. The fourth-order valence-corrected chi connectivity index (χ4v) is 4.72. The molecule has 0 aromatic heterocycles. The van der Waals surface area contributed by atoms with Crippen molar-refractivity contribution in [3.63, 3.8) is 0 Å². The average molecular weight is 454 g/mol. The van der Waals surface area contributed by atoms with Crippen molar-refractivity contribution in [1.82, 2.24) is 0 Å². The Labute approximate surface area is 184 Å². The highest BCUT2D eigenvalue weighted by molar-refractivity contribution is 5.66. The summed E-state index contributed by atoms with van der Waals surface area (Å²) in [6.45, 7) is 3.54. The van der Waals surface area contributed by atoms with Gasteiger partial charge in [0.05, 0.1) is 24.3 Å².